The summed E-state index contributed by atoms with van der Waals surface area (Å²) in [6.45, 7) is 2.09. The largest absolute Gasteiger partial charge is 0.377 e. The number of nitrogens with zero attached hydrogens (tertiary/aromatic N) is 1. The number of rotatable bonds is 4. The highest BCUT2D eigenvalue weighted by atomic mass is 19.1. The molecule has 2 aromatic rings. The summed E-state index contributed by atoms with van der Waals surface area (Å²) in [5, 5.41) is 3.38. The minimum atomic E-state index is -0.204. The lowest BCUT2D eigenvalue weighted by Crippen LogP contribution is -2.09. The van der Waals surface area contributed by atoms with Gasteiger partial charge in [-0.3, -0.25) is 4.98 Å². The van der Waals surface area contributed by atoms with E-state index in [2.05, 4.69) is 17.2 Å². The maximum atomic E-state index is 12.9. The Labute approximate surface area is 101 Å². The van der Waals surface area contributed by atoms with E-state index in [1.54, 1.807) is 12.4 Å². The third kappa shape index (κ3) is 3.03. The van der Waals surface area contributed by atoms with Gasteiger partial charge in [0.2, 0.25) is 0 Å². The Bertz CT molecular complexity index is 453. The Balaban J connectivity index is 2.14. The van der Waals surface area contributed by atoms with Crippen LogP contribution in [-0.4, -0.2) is 4.98 Å². The molecule has 0 spiro atoms. The van der Waals surface area contributed by atoms with E-state index in [-0.39, 0.29) is 11.9 Å². The van der Waals surface area contributed by atoms with Gasteiger partial charge in [0.05, 0.1) is 11.7 Å². The van der Waals surface area contributed by atoms with Crippen molar-refractivity contribution in [2.75, 3.05) is 5.32 Å². The topological polar surface area (TPSA) is 24.9 Å². The third-order valence-electron chi connectivity index (χ3n) is 2.68. The Kier molecular flexibility index (Phi) is 3.70. The molecule has 3 heteroatoms. The summed E-state index contributed by atoms with van der Waals surface area (Å²) in [5.41, 5.74) is 2.06. The highest BCUT2D eigenvalue weighted by Crippen LogP contribution is 2.21. The third-order valence-corrected chi connectivity index (χ3v) is 2.68. The Hall–Kier alpha value is -1.90. The van der Waals surface area contributed by atoms with Gasteiger partial charge >= 0.3 is 0 Å². The SMILES string of the molecule is CCC(Nc1cccnc1)c1ccc(F)cc1. The lowest BCUT2D eigenvalue weighted by Gasteiger charge is -2.18. The summed E-state index contributed by atoms with van der Waals surface area (Å²) in [4.78, 5) is 4.06. The molecular formula is C14H15FN2. The normalized spacial score (nSPS) is 12.1. The molecule has 1 N–H and O–H groups in total. The number of anilines is 1. The molecule has 0 saturated heterocycles. The molecule has 1 aromatic heterocycles. The predicted molar refractivity (Wildman–Crippen MR) is 67.3 cm³/mol. The second kappa shape index (κ2) is 5.43. The molecule has 0 bridgehead atoms. The first-order valence-corrected chi connectivity index (χ1v) is 5.71. The lowest BCUT2D eigenvalue weighted by molar-refractivity contribution is 0.625. The molecule has 1 unspecified atom stereocenters. The van der Waals surface area contributed by atoms with E-state index in [0.717, 1.165) is 17.7 Å². The van der Waals surface area contributed by atoms with Crippen LogP contribution in [0, 0.1) is 5.82 Å². The zero-order valence-electron chi connectivity index (χ0n) is 9.73. The van der Waals surface area contributed by atoms with Crippen LogP contribution in [0.5, 0.6) is 0 Å². The van der Waals surface area contributed by atoms with Gasteiger partial charge in [0.1, 0.15) is 5.82 Å². The molecule has 88 valence electrons. The van der Waals surface area contributed by atoms with Gasteiger partial charge in [-0.05, 0) is 36.2 Å². The van der Waals surface area contributed by atoms with Crippen LogP contribution < -0.4 is 5.32 Å². The molecular weight excluding hydrogens is 215 g/mol. The Morgan fingerprint density at radius 3 is 2.59 bits per heavy atom. The molecule has 0 amide bonds. The minimum Gasteiger partial charge on any atom is -0.377 e. The second-order valence-corrected chi connectivity index (χ2v) is 3.90. The molecule has 0 aliphatic carbocycles. The number of benzene rings is 1. The first-order valence-electron chi connectivity index (χ1n) is 5.71. The van der Waals surface area contributed by atoms with Gasteiger partial charge in [0.15, 0.2) is 0 Å². The van der Waals surface area contributed by atoms with Gasteiger partial charge in [-0.25, -0.2) is 4.39 Å². The molecule has 0 aliphatic heterocycles. The monoisotopic (exact) mass is 230 g/mol. The Morgan fingerprint density at radius 1 is 1.24 bits per heavy atom. The summed E-state index contributed by atoms with van der Waals surface area (Å²) in [7, 11) is 0. The van der Waals surface area contributed by atoms with Gasteiger partial charge in [-0.15, -0.1) is 0 Å². The number of nitrogens with one attached hydrogen (secondary N) is 1. The van der Waals surface area contributed by atoms with Crippen molar-refractivity contribution in [3.63, 3.8) is 0 Å². The van der Waals surface area contributed by atoms with Crippen LogP contribution in [0.1, 0.15) is 24.9 Å². The van der Waals surface area contributed by atoms with Crippen LogP contribution in [0.3, 0.4) is 0 Å². The fourth-order valence-corrected chi connectivity index (χ4v) is 1.77. The first kappa shape index (κ1) is 11.6. The molecule has 2 rings (SSSR count). The van der Waals surface area contributed by atoms with Crippen molar-refractivity contribution in [2.24, 2.45) is 0 Å². The van der Waals surface area contributed by atoms with Crippen molar-refractivity contribution in [1.29, 1.82) is 0 Å². The molecule has 1 heterocycles. The van der Waals surface area contributed by atoms with E-state index in [1.807, 2.05) is 24.3 Å². The van der Waals surface area contributed by atoms with Crippen molar-refractivity contribution >= 4 is 5.69 Å². The van der Waals surface area contributed by atoms with Gasteiger partial charge in [0, 0.05) is 12.4 Å². The quantitative estimate of drug-likeness (QED) is 0.864. The zero-order valence-corrected chi connectivity index (χ0v) is 9.73. The van der Waals surface area contributed by atoms with Crippen LogP contribution in [0.4, 0.5) is 10.1 Å². The maximum absolute atomic E-state index is 12.9. The van der Waals surface area contributed by atoms with E-state index in [4.69, 9.17) is 0 Å². The van der Waals surface area contributed by atoms with Gasteiger partial charge < -0.3 is 5.32 Å². The summed E-state index contributed by atoms with van der Waals surface area (Å²) in [5.74, 6) is -0.204. The molecule has 1 atom stereocenters. The summed E-state index contributed by atoms with van der Waals surface area (Å²) in [6, 6.07) is 10.6. The lowest BCUT2D eigenvalue weighted by atomic mass is 10.0. The van der Waals surface area contributed by atoms with Crippen LogP contribution >= 0.6 is 0 Å². The summed E-state index contributed by atoms with van der Waals surface area (Å²) >= 11 is 0. The molecule has 1 aromatic carbocycles. The van der Waals surface area contributed by atoms with E-state index < -0.39 is 0 Å². The average Bonchev–Trinajstić information content (AvgIpc) is 2.38. The zero-order chi connectivity index (χ0) is 12.1. The predicted octanol–water partition coefficient (Wildman–Crippen LogP) is 3.78. The molecule has 0 saturated carbocycles. The fraction of sp³-hybridized carbons (Fsp3) is 0.214. The average molecular weight is 230 g/mol. The van der Waals surface area contributed by atoms with Gasteiger partial charge in [-0.2, -0.15) is 0 Å². The van der Waals surface area contributed by atoms with E-state index in [0.29, 0.717) is 0 Å². The molecule has 0 fully saturated rings. The molecule has 0 aliphatic rings. The number of halogens is 1. The van der Waals surface area contributed by atoms with Crippen molar-refractivity contribution in [2.45, 2.75) is 19.4 Å². The van der Waals surface area contributed by atoms with Crippen molar-refractivity contribution in [3.8, 4) is 0 Å². The van der Waals surface area contributed by atoms with E-state index >= 15 is 0 Å². The van der Waals surface area contributed by atoms with Crippen LogP contribution in [0.15, 0.2) is 48.8 Å². The number of pyridine rings is 1. The van der Waals surface area contributed by atoms with Crippen LogP contribution in [-0.2, 0) is 0 Å². The smallest absolute Gasteiger partial charge is 0.123 e. The standard InChI is InChI=1S/C14H15FN2/c1-2-14(11-5-7-12(15)8-6-11)17-13-4-3-9-16-10-13/h3-10,14,17H,2H2,1H3. The van der Waals surface area contributed by atoms with Gasteiger partial charge in [-0.1, -0.05) is 19.1 Å². The fourth-order valence-electron chi connectivity index (χ4n) is 1.77. The second-order valence-electron chi connectivity index (χ2n) is 3.90. The number of hydrogen-bond acceptors (Lipinski definition) is 2. The first-order chi connectivity index (χ1) is 8.29. The molecule has 17 heavy (non-hydrogen) atoms. The van der Waals surface area contributed by atoms with Crippen molar-refractivity contribution in [3.05, 3.63) is 60.2 Å². The highest BCUT2D eigenvalue weighted by Gasteiger charge is 2.08. The van der Waals surface area contributed by atoms with Crippen LogP contribution in [0.25, 0.3) is 0 Å². The number of aromatic nitrogens is 1. The summed E-state index contributed by atoms with van der Waals surface area (Å²) < 4.78 is 12.9. The van der Waals surface area contributed by atoms with E-state index in [1.165, 1.54) is 12.1 Å². The van der Waals surface area contributed by atoms with Crippen LogP contribution in [0.2, 0.25) is 0 Å². The molecule has 0 radical (unpaired) electrons. The van der Waals surface area contributed by atoms with Crippen molar-refractivity contribution < 1.29 is 4.39 Å². The van der Waals surface area contributed by atoms with Crippen molar-refractivity contribution in [1.82, 2.24) is 4.98 Å². The molecule has 2 nitrogen and oxygen atoms in total. The maximum Gasteiger partial charge on any atom is 0.123 e. The Morgan fingerprint density at radius 2 is 2.00 bits per heavy atom. The highest BCUT2D eigenvalue weighted by molar-refractivity contribution is 5.42. The number of hydrogen-bond donors (Lipinski definition) is 1. The van der Waals surface area contributed by atoms with E-state index in [9.17, 15) is 4.39 Å². The van der Waals surface area contributed by atoms with Gasteiger partial charge in [0.25, 0.3) is 0 Å². The summed E-state index contributed by atoms with van der Waals surface area (Å²) in [6.07, 6.45) is 4.46. The minimum absolute atomic E-state index is 0.180.